The third-order valence-corrected chi connectivity index (χ3v) is 4.10. The molecule has 1 aliphatic rings. The summed E-state index contributed by atoms with van der Waals surface area (Å²) in [5.41, 5.74) is 0.0838. The number of carboxylic acid groups (broad SMARTS) is 1. The Balaban J connectivity index is 1.99. The molecular formula is C15H19N3O2. The van der Waals surface area contributed by atoms with Gasteiger partial charge in [0.1, 0.15) is 5.54 Å². The number of carboxylic acids is 1. The Morgan fingerprint density at radius 3 is 2.90 bits per heavy atom. The maximum absolute atomic E-state index is 11.9. The van der Waals surface area contributed by atoms with E-state index in [-0.39, 0.29) is 5.92 Å². The van der Waals surface area contributed by atoms with Gasteiger partial charge in [-0.05, 0) is 31.4 Å². The van der Waals surface area contributed by atoms with Crippen LogP contribution in [0.1, 0.15) is 19.8 Å². The largest absolute Gasteiger partial charge is 0.480 e. The summed E-state index contributed by atoms with van der Waals surface area (Å²) in [6.07, 6.45) is 3.73. The Hall–Kier alpha value is -1.88. The van der Waals surface area contributed by atoms with Gasteiger partial charge in [0.05, 0.1) is 18.3 Å². The highest BCUT2D eigenvalue weighted by Gasteiger charge is 2.51. The molecule has 1 atom stereocenters. The quantitative estimate of drug-likeness (QED) is 0.843. The monoisotopic (exact) mass is 273 g/mol. The highest BCUT2D eigenvalue weighted by Crippen LogP contribution is 2.41. The Morgan fingerprint density at radius 1 is 1.50 bits per heavy atom. The number of aliphatic carboxylic acids is 1. The standard InChI is InChI=1S/C15H19N3O2/c1-2-16-15(14(19)20,12-7-8-12)10-18-13-6-4-3-5-11(13)9-17-18/h3-6,9,12,16H,2,7-8,10H2,1H3,(H,19,20). The van der Waals surface area contributed by atoms with E-state index in [1.807, 2.05) is 35.9 Å². The molecule has 1 fully saturated rings. The lowest BCUT2D eigenvalue weighted by atomic mass is 9.93. The van der Waals surface area contributed by atoms with Crippen LogP contribution >= 0.6 is 0 Å². The highest BCUT2D eigenvalue weighted by molar-refractivity contribution is 5.81. The van der Waals surface area contributed by atoms with Crippen LogP contribution in [-0.4, -0.2) is 32.9 Å². The van der Waals surface area contributed by atoms with Crippen molar-refractivity contribution >= 4 is 16.9 Å². The van der Waals surface area contributed by atoms with Gasteiger partial charge in [-0.15, -0.1) is 0 Å². The number of likely N-dealkylation sites (N-methyl/N-ethyl adjacent to an activating group) is 1. The van der Waals surface area contributed by atoms with Gasteiger partial charge in [0.15, 0.2) is 0 Å². The molecule has 0 radical (unpaired) electrons. The van der Waals surface area contributed by atoms with Crippen molar-refractivity contribution in [2.45, 2.75) is 31.8 Å². The minimum Gasteiger partial charge on any atom is -0.480 e. The molecule has 1 aromatic heterocycles. The van der Waals surface area contributed by atoms with E-state index in [2.05, 4.69) is 10.4 Å². The summed E-state index contributed by atoms with van der Waals surface area (Å²) in [5, 5.41) is 18.3. The zero-order valence-electron chi connectivity index (χ0n) is 11.5. The second-order valence-corrected chi connectivity index (χ2v) is 5.44. The summed E-state index contributed by atoms with van der Waals surface area (Å²) in [7, 11) is 0. The van der Waals surface area contributed by atoms with Gasteiger partial charge >= 0.3 is 5.97 Å². The molecule has 0 bridgehead atoms. The summed E-state index contributed by atoms with van der Waals surface area (Å²) in [6, 6.07) is 7.89. The summed E-state index contributed by atoms with van der Waals surface area (Å²) in [5.74, 6) is -0.579. The second-order valence-electron chi connectivity index (χ2n) is 5.44. The van der Waals surface area contributed by atoms with Gasteiger partial charge in [-0.2, -0.15) is 5.10 Å². The van der Waals surface area contributed by atoms with Crippen LogP contribution in [0.2, 0.25) is 0 Å². The fraction of sp³-hybridized carbons (Fsp3) is 0.467. The molecule has 2 aromatic rings. The van der Waals surface area contributed by atoms with Crippen LogP contribution in [0.3, 0.4) is 0 Å². The van der Waals surface area contributed by atoms with Crippen molar-refractivity contribution in [2.24, 2.45) is 5.92 Å². The van der Waals surface area contributed by atoms with Crippen molar-refractivity contribution in [2.75, 3.05) is 6.54 Å². The molecule has 5 heteroatoms. The lowest BCUT2D eigenvalue weighted by molar-refractivity contribution is -0.146. The third kappa shape index (κ3) is 2.08. The predicted octanol–water partition coefficient (Wildman–Crippen LogP) is 1.88. The fourth-order valence-electron chi connectivity index (χ4n) is 2.93. The first kappa shape index (κ1) is 13.1. The maximum Gasteiger partial charge on any atom is 0.326 e. The number of carbonyl (C=O) groups is 1. The number of para-hydroxylation sites is 1. The van der Waals surface area contributed by atoms with Gasteiger partial charge in [-0.25, -0.2) is 0 Å². The van der Waals surface area contributed by atoms with Crippen molar-refractivity contribution < 1.29 is 9.90 Å². The molecule has 1 aromatic carbocycles. The fourth-order valence-corrected chi connectivity index (χ4v) is 2.93. The number of benzene rings is 1. The van der Waals surface area contributed by atoms with Crippen LogP contribution in [0, 0.1) is 5.92 Å². The molecule has 106 valence electrons. The van der Waals surface area contributed by atoms with Crippen LogP contribution in [0.25, 0.3) is 10.9 Å². The van der Waals surface area contributed by atoms with E-state index in [4.69, 9.17) is 0 Å². The summed E-state index contributed by atoms with van der Waals surface area (Å²) in [4.78, 5) is 11.9. The van der Waals surface area contributed by atoms with Crippen LogP contribution < -0.4 is 5.32 Å². The molecule has 0 spiro atoms. The number of fused-ring (bicyclic) bond motifs is 1. The van der Waals surface area contributed by atoms with E-state index in [9.17, 15) is 9.90 Å². The SMILES string of the molecule is CCNC(Cn1ncc2ccccc21)(C(=O)O)C1CC1. The molecule has 0 amide bonds. The van der Waals surface area contributed by atoms with E-state index in [0.29, 0.717) is 13.1 Å². The molecule has 0 aliphatic heterocycles. The van der Waals surface area contributed by atoms with E-state index in [1.165, 1.54) is 0 Å². The smallest absolute Gasteiger partial charge is 0.326 e. The van der Waals surface area contributed by atoms with Crippen molar-refractivity contribution in [3.8, 4) is 0 Å². The van der Waals surface area contributed by atoms with Gasteiger partial charge in [-0.3, -0.25) is 9.48 Å². The molecule has 2 N–H and O–H groups in total. The molecular weight excluding hydrogens is 254 g/mol. The number of nitrogens with zero attached hydrogens (tertiary/aromatic N) is 2. The molecule has 3 rings (SSSR count). The topological polar surface area (TPSA) is 67.2 Å². The minimum atomic E-state index is -0.899. The lowest BCUT2D eigenvalue weighted by Gasteiger charge is -2.30. The van der Waals surface area contributed by atoms with Gasteiger partial charge < -0.3 is 10.4 Å². The lowest BCUT2D eigenvalue weighted by Crippen LogP contribution is -2.57. The van der Waals surface area contributed by atoms with Crippen LogP contribution in [0.5, 0.6) is 0 Å². The van der Waals surface area contributed by atoms with Crippen molar-refractivity contribution in [3.63, 3.8) is 0 Å². The second kappa shape index (κ2) is 4.90. The molecule has 1 heterocycles. The molecule has 1 saturated carbocycles. The van der Waals surface area contributed by atoms with E-state index in [0.717, 1.165) is 23.7 Å². The number of hydrogen-bond donors (Lipinski definition) is 2. The van der Waals surface area contributed by atoms with E-state index in [1.54, 1.807) is 6.20 Å². The molecule has 20 heavy (non-hydrogen) atoms. The normalized spacial score (nSPS) is 18.1. The number of hydrogen-bond acceptors (Lipinski definition) is 3. The van der Waals surface area contributed by atoms with Gasteiger partial charge in [0.25, 0.3) is 0 Å². The average Bonchev–Trinajstić information content (AvgIpc) is 3.21. The Labute approximate surface area is 117 Å². The maximum atomic E-state index is 11.9. The number of aromatic nitrogens is 2. The number of nitrogens with one attached hydrogen (secondary N) is 1. The first-order chi connectivity index (χ1) is 9.67. The van der Waals surface area contributed by atoms with E-state index < -0.39 is 11.5 Å². The van der Waals surface area contributed by atoms with Crippen LogP contribution in [0.4, 0.5) is 0 Å². The van der Waals surface area contributed by atoms with Crippen LogP contribution in [0.15, 0.2) is 30.5 Å². The van der Waals surface area contributed by atoms with Crippen molar-refractivity contribution in [1.82, 2.24) is 15.1 Å². The summed E-state index contributed by atoms with van der Waals surface area (Å²) >= 11 is 0. The summed E-state index contributed by atoms with van der Waals surface area (Å²) < 4.78 is 1.81. The van der Waals surface area contributed by atoms with E-state index >= 15 is 0 Å². The molecule has 5 nitrogen and oxygen atoms in total. The predicted molar refractivity (Wildman–Crippen MR) is 76.5 cm³/mol. The molecule has 0 saturated heterocycles. The minimum absolute atomic E-state index is 0.197. The first-order valence-corrected chi connectivity index (χ1v) is 7.06. The zero-order chi connectivity index (χ0) is 14.2. The van der Waals surface area contributed by atoms with Gasteiger partial charge in [0, 0.05) is 5.39 Å². The van der Waals surface area contributed by atoms with Gasteiger partial charge in [0.2, 0.25) is 0 Å². The van der Waals surface area contributed by atoms with Crippen molar-refractivity contribution in [1.29, 1.82) is 0 Å². The zero-order valence-corrected chi connectivity index (χ0v) is 11.5. The van der Waals surface area contributed by atoms with Crippen LogP contribution in [-0.2, 0) is 11.3 Å². The number of rotatable bonds is 6. The summed E-state index contributed by atoms with van der Waals surface area (Å²) in [6.45, 7) is 2.96. The Morgan fingerprint density at radius 2 is 2.25 bits per heavy atom. The highest BCUT2D eigenvalue weighted by atomic mass is 16.4. The molecule has 1 unspecified atom stereocenters. The Bertz CT molecular complexity index is 633. The third-order valence-electron chi connectivity index (χ3n) is 4.10. The Kier molecular flexibility index (Phi) is 3.22. The average molecular weight is 273 g/mol. The first-order valence-electron chi connectivity index (χ1n) is 7.06. The molecule has 1 aliphatic carbocycles. The van der Waals surface area contributed by atoms with Crippen molar-refractivity contribution in [3.05, 3.63) is 30.5 Å². The van der Waals surface area contributed by atoms with Gasteiger partial charge in [-0.1, -0.05) is 25.1 Å².